The highest BCUT2D eigenvalue weighted by Crippen LogP contribution is 2.38. The van der Waals surface area contributed by atoms with Gasteiger partial charge in [0.05, 0.1) is 5.69 Å². The summed E-state index contributed by atoms with van der Waals surface area (Å²) in [5.41, 5.74) is 0.731. The summed E-state index contributed by atoms with van der Waals surface area (Å²) in [7, 11) is 0. The maximum atomic E-state index is 12.5. The number of carbonyl (C=O) groups excluding carboxylic acids is 1. The van der Waals surface area contributed by atoms with Gasteiger partial charge in [-0.25, -0.2) is 4.68 Å². The molecule has 1 aromatic rings. The molecule has 2 saturated carbocycles. The average molecular weight is 303 g/mol. The summed E-state index contributed by atoms with van der Waals surface area (Å²) in [4.78, 5) is 24.5. The second-order valence-corrected chi connectivity index (χ2v) is 6.87. The minimum Gasteiger partial charge on any atom is -0.351 e. The minimum atomic E-state index is -0.555. The zero-order valence-electron chi connectivity index (χ0n) is 13.4. The van der Waals surface area contributed by atoms with E-state index in [1.807, 2.05) is 0 Å². The van der Waals surface area contributed by atoms with E-state index >= 15 is 0 Å². The number of nitrogens with zero attached hydrogens (tertiary/aromatic N) is 2. The van der Waals surface area contributed by atoms with Crippen LogP contribution in [0, 0.1) is 5.92 Å². The molecule has 2 aliphatic carbocycles. The molecule has 1 aromatic heterocycles. The van der Waals surface area contributed by atoms with Crippen LogP contribution in [0.3, 0.4) is 0 Å². The molecule has 0 spiro atoms. The van der Waals surface area contributed by atoms with Crippen molar-refractivity contribution in [3.8, 4) is 0 Å². The lowest BCUT2D eigenvalue weighted by Gasteiger charge is -2.30. The summed E-state index contributed by atoms with van der Waals surface area (Å²) in [6, 6.07) is 3.00. The molecule has 3 rings (SSSR count). The van der Waals surface area contributed by atoms with Gasteiger partial charge in [-0.15, -0.1) is 0 Å². The van der Waals surface area contributed by atoms with Gasteiger partial charge in [-0.2, -0.15) is 5.10 Å². The third-order valence-electron chi connectivity index (χ3n) is 5.03. The van der Waals surface area contributed by atoms with Gasteiger partial charge in [-0.3, -0.25) is 9.59 Å². The molecule has 5 heteroatoms. The van der Waals surface area contributed by atoms with Crippen LogP contribution in [0.1, 0.15) is 70.0 Å². The predicted molar refractivity (Wildman–Crippen MR) is 84.7 cm³/mol. The maximum Gasteiger partial charge on any atom is 0.267 e. The van der Waals surface area contributed by atoms with Crippen molar-refractivity contribution in [1.82, 2.24) is 15.1 Å². The molecule has 5 nitrogen and oxygen atoms in total. The standard InChI is InChI=1S/C17H25N3O2/c1-11-5-3-4-6-14(11)18-17(22)12(2)20-16(21)10-9-15(19-20)13-7-8-13/h9-14H,3-8H2,1-2H3,(H,18,22). The van der Waals surface area contributed by atoms with Gasteiger partial charge < -0.3 is 5.32 Å². The molecule has 2 fully saturated rings. The van der Waals surface area contributed by atoms with Gasteiger partial charge in [0, 0.05) is 18.0 Å². The Bertz CT molecular complexity index is 606. The van der Waals surface area contributed by atoms with Gasteiger partial charge in [-0.05, 0) is 44.6 Å². The first-order chi connectivity index (χ1) is 10.6. The SMILES string of the molecule is CC1CCCCC1NC(=O)C(C)n1nc(C2CC2)ccc1=O. The van der Waals surface area contributed by atoms with E-state index in [0.717, 1.165) is 31.4 Å². The Morgan fingerprint density at radius 2 is 2.00 bits per heavy atom. The Labute approximate surface area is 131 Å². The summed E-state index contributed by atoms with van der Waals surface area (Å²) >= 11 is 0. The molecular formula is C17H25N3O2. The predicted octanol–water partition coefficient (Wildman–Crippen LogP) is 2.38. The summed E-state index contributed by atoms with van der Waals surface area (Å²) in [5, 5.41) is 7.53. The molecule has 1 amide bonds. The van der Waals surface area contributed by atoms with E-state index in [-0.39, 0.29) is 17.5 Å². The summed E-state index contributed by atoms with van der Waals surface area (Å²) in [6.07, 6.45) is 6.86. The number of carbonyl (C=O) groups is 1. The Balaban J connectivity index is 1.72. The number of amides is 1. The second kappa shape index (κ2) is 6.23. The normalized spacial score (nSPS) is 26.5. The first-order valence-electron chi connectivity index (χ1n) is 8.46. The van der Waals surface area contributed by atoms with E-state index in [1.165, 1.54) is 23.6 Å². The van der Waals surface area contributed by atoms with Gasteiger partial charge in [0.2, 0.25) is 5.91 Å². The molecule has 3 atom stereocenters. The van der Waals surface area contributed by atoms with E-state index in [2.05, 4.69) is 17.3 Å². The van der Waals surface area contributed by atoms with Crippen molar-refractivity contribution in [3.05, 3.63) is 28.2 Å². The van der Waals surface area contributed by atoms with E-state index in [4.69, 9.17) is 0 Å². The lowest BCUT2D eigenvalue weighted by atomic mass is 9.86. The van der Waals surface area contributed by atoms with Gasteiger partial charge in [-0.1, -0.05) is 19.8 Å². The third kappa shape index (κ3) is 3.23. The summed E-state index contributed by atoms with van der Waals surface area (Å²) < 4.78 is 1.34. The average Bonchev–Trinajstić information content (AvgIpc) is 3.34. The van der Waals surface area contributed by atoms with Crippen molar-refractivity contribution in [2.24, 2.45) is 5.92 Å². The number of aromatic nitrogens is 2. The minimum absolute atomic E-state index is 0.0960. The lowest BCUT2D eigenvalue weighted by Crippen LogP contribution is -2.45. The first-order valence-corrected chi connectivity index (χ1v) is 8.46. The molecule has 120 valence electrons. The molecule has 0 saturated heterocycles. The van der Waals surface area contributed by atoms with Crippen LogP contribution in [0.15, 0.2) is 16.9 Å². The maximum absolute atomic E-state index is 12.5. The van der Waals surface area contributed by atoms with Crippen molar-refractivity contribution >= 4 is 5.91 Å². The fraction of sp³-hybridized carbons (Fsp3) is 0.706. The zero-order valence-corrected chi connectivity index (χ0v) is 13.4. The molecule has 3 unspecified atom stereocenters. The van der Waals surface area contributed by atoms with Crippen LogP contribution in [0.2, 0.25) is 0 Å². The molecule has 1 heterocycles. The highest BCUT2D eigenvalue weighted by atomic mass is 16.2. The van der Waals surface area contributed by atoms with Crippen LogP contribution in [-0.2, 0) is 4.79 Å². The largest absolute Gasteiger partial charge is 0.351 e. The smallest absolute Gasteiger partial charge is 0.267 e. The number of hydrogen-bond acceptors (Lipinski definition) is 3. The molecular weight excluding hydrogens is 278 g/mol. The molecule has 0 aromatic carbocycles. The molecule has 2 aliphatic rings. The van der Waals surface area contributed by atoms with Crippen LogP contribution in [0.5, 0.6) is 0 Å². The number of rotatable bonds is 4. The van der Waals surface area contributed by atoms with Crippen molar-refractivity contribution in [3.63, 3.8) is 0 Å². The van der Waals surface area contributed by atoms with E-state index in [1.54, 1.807) is 13.0 Å². The summed E-state index contributed by atoms with van der Waals surface area (Å²) in [5.74, 6) is 0.883. The fourth-order valence-corrected chi connectivity index (χ4v) is 3.26. The highest BCUT2D eigenvalue weighted by molar-refractivity contribution is 5.80. The van der Waals surface area contributed by atoms with E-state index in [9.17, 15) is 9.59 Å². The lowest BCUT2D eigenvalue weighted by molar-refractivity contribution is -0.125. The molecule has 0 bridgehead atoms. The number of nitrogens with one attached hydrogen (secondary N) is 1. The zero-order chi connectivity index (χ0) is 15.7. The Morgan fingerprint density at radius 3 is 2.68 bits per heavy atom. The highest BCUT2D eigenvalue weighted by Gasteiger charge is 2.28. The topological polar surface area (TPSA) is 64.0 Å². The van der Waals surface area contributed by atoms with Gasteiger partial charge >= 0.3 is 0 Å². The van der Waals surface area contributed by atoms with Crippen LogP contribution < -0.4 is 10.9 Å². The Hall–Kier alpha value is -1.65. The Morgan fingerprint density at radius 1 is 1.27 bits per heavy atom. The summed E-state index contributed by atoms with van der Waals surface area (Å²) in [6.45, 7) is 3.95. The van der Waals surface area contributed by atoms with E-state index in [0.29, 0.717) is 11.8 Å². The first kappa shape index (κ1) is 15.3. The second-order valence-electron chi connectivity index (χ2n) is 6.87. The van der Waals surface area contributed by atoms with Gasteiger partial charge in [0.25, 0.3) is 5.56 Å². The van der Waals surface area contributed by atoms with Crippen molar-refractivity contribution in [2.75, 3.05) is 0 Å². The van der Waals surface area contributed by atoms with E-state index < -0.39 is 6.04 Å². The van der Waals surface area contributed by atoms with Gasteiger partial charge in [0.1, 0.15) is 6.04 Å². The molecule has 0 aliphatic heterocycles. The number of hydrogen-bond donors (Lipinski definition) is 1. The van der Waals surface area contributed by atoms with Crippen LogP contribution in [-0.4, -0.2) is 21.7 Å². The molecule has 22 heavy (non-hydrogen) atoms. The van der Waals surface area contributed by atoms with Crippen LogP contribution in [0.4, 0.5) is 0 Å². The monoisotopic (exact) mass is 303 g/mol. The van der Waals surface area contributed by atoms with Crippen molar-refractivity contribution in [2.45, 2.75) is 70.4 Å². The van der Waals surface area contributed by atoms with Gasteiger partial charge in [0.15, 0.2) is 0 Å². The van der Waals surface area contributed by atoms with Crippen molar-refractivity contribution < 1.29 is 4.79 Å². The third-order valence-corrected chi connectivity index (χ3v) is 5.03. The van der Waals surface area contributed by atoms with Crippen LogP contribution >= 0.6 is 0 Å². The van der Waals surface area contributed by atoms with Crippen LogP contribution in [0.25, 0.3) is 0 Å². The molecule has 1 N–H and O–H groups in total. The van der Waals surface area contributed by atoms with Crippen molar-refractivity contribution in [1.29, 1.82) is 0 Å². The fourth-order valence-electron chi connectivity index (χ4n) is 3.26. The molecule has 0 radical (unpaired) electrons. The Kier molecular flexibility index (Phi) is 4.32. The quantitative estimate of drug-likeness (QED) is 0.929.